The summed E-state index contributed by atoms with van der Waals surface area (Å²) in [5, 5.41) is 11.3. The average Bonchev–Trinajstić information content (AvgIpc) is 2.92. The molecule has 0 bridgehead atoms. The molecule has 6 atom stereocenters. The zero-order valence-corrected chi connectivity index (χ0v) is 14.7. The molecule has 0 saturated heterocycles. The summed E-state index contributed by atoms with van der Waals surface area (Å²) >= 11 is 0. The molecule has 5 nitrogen and oxygen atoms in total. The van der Waals surface area contributed by atoms with Crippen molar-refractivity contribution in [1.82, 2.24) is 0 Å². The van der Waals surface area contributed by atoms with Gasteiger partial charge in [-0.15, -0.1) is 0 Å². The van der Waals surface area contributed by atoms with Gasteiger partial charge in [0.05, 0.1) is 6.54 Å². The molecule has 4 rings (SSSR count). The molecular weight excluding hydrogens is 318 g/mol. The fraction of sp³-hybridized carbons (Fsp3) is 0.700. The van der Waals surface area contributed by atoms with Gasteiger partial charge in [0.2, 0.25) is 0 Å². The van der Waals surface area contributed by atoms with Crippen LogP contribution in [0.25, 0.3) is 0 Å². The van der Waals surface area contributed by atoms with E-state index in [9.17, 15) is 14.7 Å². The van der Waals surface area contributed by atoms with Crippen LogP contribution in [-0.2, 0) is 14.3 Å². The Morgan fingerprint density at radius 1 is 1.32 bits per heavy atom. The number of allylic oxidation sites excluding steroid dienone is 2. The maximum atomic E-state index is 11.7. The number of esters is 1. The van der Waals surface area contributed by atoms with Crippen LogP contribution in [0.5, 0.6) is 0 Å². The Morgan fingerprint density at radius 2 is 2.12 bits per heavy atom. The van der Waals surface area contributed by atoms with Crippen LogP contribution >= 0.6 is 0 Å². The molecule has 0 aromatic heterocycles. The fourth-order valence-electron chi connectivity index (χ4n) is 6.20. The summed E-state index contributed by atoms with van der Waals surface area (Å²) in [6.45, 7) is 2.17. The Morgan fingerprint density at radius 3 is 2.88 bits per heavy atom. The summed E-state index contributed by atoms with van der Waals surface area (Å²) in [5.41, 5.74) is 5.31. The van der Waals surface area contributed by atoms with E-state index in [-0.39, 0.29) is 35.7 Å². The first-order valence-electron chi connectivity index (χ1n) is 9.44. The van der Waals surface area contributed by atoms with Crippen molar-refractivity contribution in [1.29, 1.82) is 0 Å². The summed E-state index contributed by atoms with van der Waals surface area (Å²) in [6, 6.07) is 0. The first kappa shape index (κ1) is 17.0. The molecule has 0 radical (unpaired) electrons. The van der Waals surface area contributed by atoms with Crippen LogP contribution in [0.4, 0.5) is 0 Å². The number of hydrogen-bond donors (Lipinski definition) is 2. The number of rotatable bonds is 2. The standard InChI is InChI=1S/C20H27NO4/c1-19-8-7-16-14(15(19)4-5-17(19)25-18(23)11-21)3-2-12-10-13(22)6-9-20(12,16)24/h6,9-10,14-17,24H,2-5,7-8,11,21H2,1H3. The molecule has 0 heterocycles. The maximum Gasteiger partial charge on any atom is 0.319 e. The molecule has 3 fully saturated rings. The third kappa shape index (κ3) is 2.43. The van der Waals surface area contributed by atoms with E-state index in [1.165, 1.54) is 6.08 Å². The van der Waals surface area contributed by atoms with Gasteiger partial charge in [-0.1, -0.05) is 6.92 Å². The first-order chi connectivity index (χ1) is 11.9. The van der Waals surface area contributed by atoms with Crippen LogP contribution in [0.2, 0.25) is 0 Å². The third-order valence-electron chi connectivity index (χ3n) is 7.44. The number of carbonyl (C=O) groups is 2. The molecule has 4 aliphatic carbocycles. The number of fused-ring (bicyclic) bond motifs is 5. The number of nitrogens with two attached hydrogens (primary N) is 1. The van der Waals surface area contributed by atoms with E-state index in [4.69, 9.17) is 10.5 Å². The van der Waals surface area contributed by atoms with Gasteiger partial charge in [0.25, 0.3) is 0 Å². The van der Waals surface area contributed by atoms with E-state index in [2.05, 4.69) is 6.92 Å². The topological polar surface area (TPSA) is 89.6 Å². The van der Waals surface area contributed by atoms with Gasteiger partial charge in [-0.25, -0.2) is 0 Å². The highest BCUT2D eigenvalue weighted by molar-refractivity contribution is 6.01. The summed E-state index contributed by atoms with van der Waals surface area (Å²) in [7, 11) is 0. The van der Waals surface area contributed by atoms with Crippen LogP contribution in [0.1, 0.15) is 45.4 Å². The van der Waals surface area contributed by atoms with Crippen molar-refractivity contribution in [2.75, 3.05) is 6.54 Å². The molecular formula is C20H27NO4. The van der Waals surface area contributed by atoms with Gasteiger partial charge in [0.15, 0.2) is 5.78 Å². The Labute approximate surface area is 148 Å². The molecule has 6 unspecified atom stereocenters. The SMILES string of the molecule is CC12CCC3C(CCC4=CC(=O)C=CC43O)C1CCC2OC(=O)CN. The first-order valence-corrected chi connectivity index (χ1v) is 9.44. The van der Waals surface area contributed by atoms with Crippen molar-refractivity contribution in [2.45, 2.75) is 57.2 Å². The van der Waals surface area contributed by atoms with E-state index in [0.29, 0.717) is 11.8 Å². The van der Waals surface area contributed by atoms with Gasteiger partial charge >= 0.3 is 5.97 Å². The second-order valence-corrected chi connectivity index (χ2v) is 8.45. The van der Waals surface area contributed by atoms with Crippen LogP contribution in [0.15, 0.2) is 23.8 Å². The second-order valence-electron chi connectivity index (χ2n) is 8.45. The predicted molar refractivity (Wildman–Crippen MR) is 92.4 cm³/mol. The van der Waals surface area contributed by atoms with Gasteiger partial charge in [-0.2, -0.15) is 0 Å². The van der Waals surface area contributed by atoms with Crippen LogP contribution < -0.4 is 5.73 Å². The molecule has 0 spiro atoms. The van der Waals surface area contributed by atoms with E-state index < -0.39 is 5.60 Å². The molecule has 0 aromatic carbocycles. The molecule has 3 N–H and O–H groups in total. The van der Waals surface area contributed by atoms with E-state index >= 15 is 0 Å². The van der Waals surface area contributed by atoms with Gasteiger partial charge in [0.1, 0.15) is 11.7 Å². The van der Waals surface area contributed by atoms with Crippen LogP contribution in [0, 0.1) is 23.2 Å². The zero-order valence-electron chi connectivity index (χ0n) is 14.7. The highest BCUT2D eigenvalue weighted by Crippen LogP contribution is 2.62. The lowest BCUT2D eigenvalue weighted by atomic mass is 9.51. The summed E-state index contributed by atoms with van der Waals surface area (Å²) in [6.07, 6.45) is 10.3. The Kier molecular flexibility index (Phi) is 3.92. The van der Waals surface area contributed by atoms with Crippen LogP contribution in [0.3, 0.4) is 0 Å². The Balaban J connectivity index is 1.60. The quantitative estimate of drug-likeness (QED) is 0.746. The predicted octanol–water partition coefficient (Wildman–Crippen LogP) is 1.89. The molecule has 3 saturated carbocycles. The van der Waals surface area contributed by atoms with E-state index in [0.717, 1.165) is 44.1 Å². The molecule has 0 aliphatic heterocycles. The van der Waals surface area contributed by atoms with Gasteiger partial charge in [0, 0.05) is 5.41 Å². The number of aliphatic hydroxyl groups is 1. The lowest BCUT2D eigenvalue weighted by molar-refractivity contribution is -0.159. The van der Waals surface area contributed by atoms with Gasteiger partial charge in [-0.3, -0.25) is 9.59 Å². The third-order valence-corrected chi connectivity index (χ3v) is 7.44. The number of carbonyl (C=O) groups excluding carboxylic acids is 2. The van der Waals surface area contributed by atoms with Crippen molar-refractivity contribution in [2.24, 2.45) is 28.9 Å². The minimum atomic E-state index is -0.968. The number of ketones is 1. The Bertz CT molecular complexity index is 669. The molecule has 5 heteroatoms. The molecule has 136 valence electrons. The normalized spacial score (nSPS) is 45.2. The lowest BCUT2D eigenvalue weighted by Crippen LogP contribution is -2.54. The minimum Gasteiger partial charge on any atom is -0.461 e. The summed E-state index contributed by atoms with van der Waals surface area (Å²) in [5.74, 6) is 0.654. The molecule has 4 aliphatic rings. The Hall–Kier alpha value is -1.46. The van der Waals surface area contributed by atoms with Crippen molar-refractivity contribution < 1.29 is 19.4 Å². The largest absolute Gasteiger partial charge is 0.461 e. The summed E-state index contributed by atoms with van der Waals surface area (Å²) in [4.78, 5) is 23.4. The summed E-state index contributed by atoms with van der Waals surface area (Å²) < 4.78 is 5.66. The zero-order chi connectivity index (χ0) is 17.8. The monoisotopic (exact) mass is 345 g/mol. The van der Waals surface area contributed by atoms with Crippen molar-refractivity contribution in [3.8, 4) is 0 Å². The number of ether oxygens (including phenoxy) is 1. The number of hydrogen-bond acceptors (Lipinski definition) is 5. The average molecular weight is 345 g/mol. The van der Waals surface area contributed by atoms with Crippen molar-refractivity contribution >= 4 is 11.8 Å². The second kappa shape index (κ2) is 5.78. The molecule has 25 heavy (non-hydrogen) atoms. The van der Waals surface area contributed by atoms with Gasteiger partial charge in [-0.05, 0) is 80.1 Å². The maximum absolute atomic E-state index is 11.7. The highest BCUT2D eigenvalue weighted by Gasteiger charge is 2.60. The lowest BCUT2D eigenvalue weighted by Gasteiger charge is -2.55. The minimum absolute atomic E-state index is 0.0200. The van der Waals surface area contributed by atoms with E-state index in [1.54, 1.807) is 12.2 Å². The van der Waals surface area contributed by atoms with Crippen molar-refractivity contribution in [3.63, 3.8) is 0 Å². The molecule has 0 amide bonds. The molecule has 0 aromatic rings. The van der Waals surface area contributed by atoms with Crippen LogP contribution in [-0.4, -0.2) is 35.1 Å². The van der Waals surface area contributed by atoms with Gasteiger partial charge < -0.3 is 15.6 Å². The fourth-order valence-corrected chi connectivity index (χ4v) is 6.20. The smallest absolute Gasteiger partial charge is 0.319 e. The van der Waals surface area contributed by atoms with Crippen molar-refractivity contribution in [3.05, 3.63) is 23.8 Å². The van der Waals surface area contributed by atoms with E-state index in [1.807, 2.05) is 0 Å². The highest BCUT2D eigenvalue weighted by atomic mass is 16.5.